The second kappa shape index (κ2) is 4.07. The molecule has 0 heterocycles. The summed E-state index contributed by atoms with van der Waals surface area (Å²) in [5.74, 6) is 0. The Labute approximate surface area is 78.3 Å². The van der Waals surface area contributed by atoms with E-state index in [1.807, 2.05) is 6.07 Å². The zero-order chi connectivity index (χ0) is 8.27. The number of hydroxylamine groups is 1. The van der Waals surface area contributed by atoms with Gasteiger partial charge in [0, 0.05) is 16.0 Å². The normalized spacial score (nSPS) is 10.1. The fourth-order valence-corrected chi connectivity index (χ4v) is 1.73. The number of nitrogens with one attached hydrogen (secondary N) is 1. The van der Waals surface area contributed by atoms with Gasteiger partial charge in [-0.05, 0) is 23.8 Å². The number of rotatable bonds is 2. The van der Waals surface area contributed by atoms with Gasteiger partial charge < -0.3 is 5.21 Å². The third kappa shape index (κ3) is 2.79. The molecule has 0 atom stereocenters. The molecule has 1 aromatic rings. The maximum Gasteiger partial charge on any atom is 0.0458 e. The number of halogens is 2. The van der Waals surface area contributed by atoms with Gasteiger partial charge in [0.15, 0.2) is 0 Å². The van der Waals surface area contributed by atoms with Gasteiger partial charge in [-0.25, -0.2) is 5.48 Å². The molecule has 0 radical (unpaired) electrons. The lowest BCUT2D eigenvalue weighted by Crippen LogP contribution is -2.05. The molecule has 0 spiro atoms. The molecule has 2 N–H and O–H groups in total. The minimum absolute atomic E-state index is 0.402. The molecule has 0 unspecified atom stereocenters. The highest BCUT2D eigenvalue weighted by Crippen LogP contribution is 2.19. The van der Waals surface area contributed by atoms with Gasteiger partial charge in [0.2, 0.25) is 0 Å². The van der Waals surface area contributed by atoms with Gasteiger partial charge in [0.05, 0.1) is 0 Å². The fraction of sp³-hybridized carbons (Fsp3) is 0.143. The average Bonchev–Trinajstić information content (AvgIpc) is 1.85. The Morgan fingerprint density at radius 3 is 2.73 bits per heavy atom. The molecule has 60 valence electrons. The van der Waals surface area contributed by atoms with Crippen LogP contribution in [0.2, 0.25) is 5.02 Å². The molecule has 0 fully saturated rings. The van der Waals surface area contributed by atoms with Crippen LogP contribution in [0.25, 0.3) is 0 Å². The number of benzene rings is 1. The fourth-order valence-electron chi connectivity index (χ4n) is 0.804. The van der Waals surface area contributed by atoms with Crippen molar-refractivity contribution in [1.82, 2.24) is 5.48 Å². The Hall–Kier alpha value is -0.0900. The summed E-state index contributed by atoms with van der Waals surface area (Å²) < 4.78 is 0.912. The van der Waals surface area contributed by atoms with Gasteiger partial charge in [-0.2, -0.15) is 0 Å². The minimum Gasteiger partial charge on any atom is -0.316 e. The molecule has 1 aromatic carbocycles. The Kier molecular flexibility index (Phi) is 3.33. The van der Waals surface area contributed by atoms with Gasteiger partial charge in [-0.3, -0.25) is 0 Å². The summed E-state index contributed by atoms with van der Waals surface area (Å²) in [5.41, 5.74) is 3.00. The van der Waals surface area contributed by atoms with Crippen molar-refractivity contribution in [3.8, 4) is 0 Å². The summed E-state index contributed by atoms with van der Waals surface area (Å²) in [6.45, 7) is 0.402. The van der Waals surface area contributed by atoms with Crippen LogP contribution in [0.3, 0.4) is 0 Å². The van der Waals surface area contributed by atoms with E-state index in [4.69, 9.17) is 16.8 Å². The van der Waals surface area contributed by atoms with Crippen molar-refractivity contribution >= 4 is 27.5 Å². The first kappa shape index (κ1) is 9.00. The monoisotopic (exact) mass is 235 g/mol. The zero-order valence-corrected chi connectivity index (χ0v) is 7.98. The highest BCUT2D eigenvalue weighted by Gasteiger charge is 1.95. The van der Waals surface area contributed by atoms with Crippen molar-refractivity contribution in [2.45, 2.75) is 6.54 Å². The maximum absolute atomic E-state index is 8.39. The van der Waals surface area contributed by atoms with Crippen LogP contribution in [-0.4, -0.2) is 5.21 Å². The van der Waals surface area contributed by atoms with E-state index < -0.39 is 0 Å². The summed E-state index contributed by atoms with van der Waals surface area (Å²) in [7, 11) is 0. The van der Waals surface area contributed by atoms with Crippen molar-refractivity contribution in [3.05, 3.63) is 33.3 Å². The molecule has 0 aliphatic rings. The molecule has 0 amide bonds. The van der Waals surface area contributed by atoms with E-state index in [0.717, 1.165) is 10.0 Å². The van der Waals surface area contributed by atoms with E-state index in [9.17, 15) is 0 Å². The molecule has 0 saturated heterocycles. The second-order valence-electron chi connectivity index (χ2n) is 2.11. The van der Waals surface area contributed by atoms with E-state index >= 15 is 0 Å². The van der Waals surface area contributed by atoms with Crippen LogP contribution in [0, 0.1) is 0 Å². The molecule has 0 aliphatic heterocycles. The third-order valence-electron chi connectivity index (χ3n) is 1.21. The second-order valence-corrected chi connectivity index (χ2v) is 3.46. The molecule has 2 nitrogen and oxygen atoms in total. The van der Waals surface area contributed by atoms with E-state index in [1.165, 1.54) is 0 Å². The maximum atomic E-state index is 8.39. The molecule has 1 rings (SSSR count). The molecule has 0 aliphatic carbocycles. The van der Waals surface area contributed by atoms with Gasteiger partial charge in [0.1, 0.15) is 0 Å². The lowest BCUT2D eigenvalue weighted by Gasteiger charge is -2.00. The summed E-state index contributed by atoms with van der Waals surface area (Å²) in [6.07, 6.45) is 0. The SMILES string of the molecule is ONCc1cc(Cl)cc(Br)c1. The summed E-state index contributed by atoms with van der Waals surface area (Å²) in [4.78, 5) is 0. The molecular weight excluding hydrogens is 229 g/mol. The van der Waals surface area contributed by atoms with Crippen LogP contribution >= 0.6 is 27.5 Å². The Morgan fingerprint density at radius 1 is 1.45 bits per heavy atom. The lowest BCUT2D eigenvalue weighted by atomic mass is 10.2. The van der Waals surface area contributed by atoms with E-state index in [2.05, 4.69) is 21.4 Å². The standard InChI is InChI=1S/C7H7BrClNO/c8-6-1-5(4-10-11)2-7(9)3-6/h1-3,10-11H,4H2. The van der Waals surface area contributed by atoms with Crippen LogP contribution in [0.15, 0.2) is 22.7 Å². The molecule has 0 saturated carbocycles. The predicted molar refractivity (Wildman–Crippen MR) is 47.8 cm³/mol. The minimum atomic E-state index is 0.402. The predicted octanol–water partition coefficient (Wildman–Crippen LogP) is 2.58. The Balaban J connectivity index is 2.89. The summed E-state index contributed by atoms with van der Waals surface area (Å²) in [5, 5.41) is 9.05. The van der Waals surface area contributed by atoms with Crippen LogP contribution in [0.5, 0.6) is 0 Å². The Morgan fingerprint density at radius 2 is 2.18 bits per heavy atom. The molecule has 11 heavy (non-hydrogen) atoms. The smallest absolute Gasteiger partial charge is 0.0458 e. The zero-order valence-electron chi connectivity index (χ0n) is 5.64. The van der Waals surface area contributed by atoms with Crippen molar-refractivity contribution in [3.63, 3.8) is 0 Å². The number of hydrogen-bond acceptors (Lipinski definition) is 2. The van der Waals surface area contributed by atoms with Crippen LogP contribution < -0.4 is 5.48 Å². The first-order valence-electron chi connectivity index (χ1n) is 3.04. The van der Waals surface area contributed by atoms with Crippen LogP contribution in [0.1, 0.15) is 5.56 Å². The molecule has 0 aromatic heterocycles. The quantitative estimate of drug-likeness (QED) is 0.774. The topological polar surface area (TPSA) is 32.3 Å². The first-order valence-corrected chi connectivity index (χ1v) is 4.21. The third-order valence-corrected chi connectivity index (χ3v) is 1.88. The van der Waals surface area contributed by atoms with E-state index in [0.29, 0.717) is 11.6 Å². The Bertz CT molecular complexity index is 234. The molecular formula is C7H7BrClNO. The largest absolute Gasteiger partial charge is 0.316 e. The average molecular weight is 236 g/mol. The van der Waals surface area contributed by atoms with Crippen molar-refractivity contribution in [1.29, 1.82) is 0 Å². The van der Waals surface area contributed by atoms with Gasteiger partial charge >= 0.3 is 0 Å². The van der Waals surface area contributed by atoms with Gasteiger partial charge in [-0.1, -0.05) is 27.5 Å². The van der Waals surface area contributed by atoms with Crippen molar-refractivity contribution in [2.75, 3.05) is 0 Å². The first-order chi connectivity index (χ1) is 5.22. The number of hydrogen-bond donors (Lipinski definition) is 2. The van der Waals surface area contributed by atoms with Gasteiger partial charge in [-0.15, -0.1) is 0 Å². The van der Waals surface area contributed by atoms with Crippen LogP contribution in [-0.2, 0) is 6.54 Å². The van der Waals surface area contributed by atoms with E-state index in [1.54, 1.807) is 12.1 Å². The lowest BCUT2D eigenvalue weighted by molar-refractivity contribution is 0.161. The molecule has 0 bridgehead atoms. The van der Waals surface area contributed by atoms with E-state index in [-0.39, 0.29) is 0 Å². The highest BCUT2D eigenvalue weighted by molar-refractivity contribution is 9.10. The highest BCUT2D eigenvalue weighted by atomic mass is 79.9. The summed E-state index contributed by atoms with van der Waals surface area (Å²) in [6, 6.07) is 5.47. The van der Waals surface area contributed by atoms with Crippen molar-refractivity contribution in [2.24, 2.45) is 0 Å². The van der Waals surface area contributed by atoms with Gasteiger partial charge in [0.25, 0.3) is 0 Å². The van der Waals surface area contributed by atoms with Crippen molar-refractivity contribution < 1.29 is 5.21 Å². The van der Waals surface area contributed by atoms with Crippen LogP contribution in [0.4, 0.5) is 0 Å². The molecule has 4 heteroatoms. The summed E-state index contributed by atoms with van der Waals surface area (Å²) >= 11 is 9.04.